The Bertz CT molecular complexity index is 521. The molecule has 2 N–H and O–H groups in total. The van der Waals surface area contributed by atoms with Gasteiger partial charge in [-0.1, -0.05) is 17.7 Å². The standard InChI is InChI=1S/C15H19ClN2O2/c1-20-14-4-2-3-12(16)11(14)8-17-15(19)10-7-9-5-6-13(10)18-9/h2-4,9-10,13,18H,5-8H2,1H3,(H,17,19). The molecule has 1 aromatic rings. The molecule has 1 amide bonds. The second-order valence-corrected chi connectivity index (χ2v) is 5.94. The second-order valence-electron chi connectivity index (χ2n) is 5.53. The minimum absolute atomic E-state index is 0.0993. The van der Waals surface area contributed by atoms with Crippen LogP contribution >= 0.6 is 11.6 Å². The van der Waals surface area contributed by atoms with Gasteiger partial charge in [-0.2, -0.15) is 0 Å². The van der Waals surface area contributed by atoms with E-state index in [0.29, 0.717) is 29.4 Å². The molecule has 2 fully saturated rings. The van der Waals surface area contributed by atoms with Crippen molar-refractivity contribution < 1.29 is 9.53 Å². The maximum atomic E-state index is 12.3. The number of amides is 1. The first-order valence-corrected chi connectivity index (χ1v) is 7.42. The average molecular weight is 295 g/mol. The zero-order valence-corrected chi connectivity index (χ0v) is 12.2. The lowest BCUT2D eigenvalue weighted by Gasteiger charge is -2.20. The zero-order valence-electron chi connectivity index (χ0n) is 11.5. The molecule has 20 heavy (non-hydrogen) atoms. The van der Waals surface area contributed by atoms with Crippen molar-refractivity contribution in [2.24, 2.45) is 5.92 Å². The summed E-state index contributed by atoms with van der Waals surface area (Å²) in [6.07, 6.45) is 3.26. The molecule has 2 aliphatic rings. The van der Waals surface area contributed by atoms with E-state index in [1.807, 2.05) is 18.2 Å². The van der Waals surface area contributed by atoms with Crippen LogP contribution in [0.2, 0.25) is 5.02 Å². The van der Waals surface area contributed by atoms with Crippen molar-refractivity contribution in [3.8, 4) is 5.75 Å². The molecule has 2 bridgehead atoms. The molecule has 0 aromatic heterocycles. The van der Waals surface area contributed by atoms with E-state index in [4.69, 9.17) is 16.3 Å². The van der Waals surface area contributed by atoms with Gasteiger partial charge in [0.05, 0.1) is 13.0 Å². The Balaban J connectivity index is 1.64. The molecule has 108 valence electrons. The lowest BCUT2D eigenvalue weighted by molar-refractivity contribution is -0.125. The van der Waals surface area contributed by atoms with Crippen LogP contribution in [0.25, 0.3) is 0 Å². The third-order valence-electron chi connectivity index (χ3n) is 4.37. The van der Waals surface area contributed by atoms with E-state index in [0.717, 1.165) is 18.4 Å². The monoisotopic (exact) mass is 294 g/mol. The molecule has 0 aliphatic carbocycles. The molecule has 0 radical (unpaired) electrons. The molecule has 1 aromatic carbocycles. The maximum absolute atomic E-state index is 12.3. The first-order chi connectivity index (χ1) is 9.69. The minimum Gasteiger partial charge on any atom is -0.496 e. The molecule has 3 unspecified atom stereocenters. The second kappa shape index (κ2) is 5.62. The summed E-state index contributed by atoms with van der Waals surface area (Å²) >= 11 is 6.17. The Morgan fingerprint density at radius 2 is 2.35 bits per heavy atom. The SMILES string of the molecule is COc1cccc(Cl)c1CNC(=O)C1CC2CCC1N2. The lowest BCUT2D eigenvalue weighted by atomic mass is 9.88. The van der Waals surface area contributed by atoms with Gasteiger partial charge in [-0.05, 0) is 31.4 Å². The quantitative estimate of drug-likeness (QED) is 0.894. The molecule has 3 atom stereocenters. The Morgan fingerprint density at radius 3 is 3.00 bits per heavy atom. The number of fused-ring (bicyclic) bond motifs is 2. The van der Waals surface area contributed by atoms with Crippen molar-refractivity contribution in [3.63, 3.8) is 0 Å². The number of rotatable bonds is 4. The summed E-state index contributed by atoms with van der Waals surface area (Å²) in [7, 11) is 1.61. The van der Waals surface area contributed by atoms with E-state index in [1.165, 1.54) is 6.42 Å². The first kappa shape index (κ1) is 13.7. The lowest BCUT2D eigenvalue weighted by Crippen LogP contribution is -2.37. The van der Waals surface area contributed by atoms with E-state index >= 15 is 0 Å². The highest BCUT2D eigenvalue weighted by Crippen LogP contribution is 2.33. The van der Waals surface area contributed by atoms with E-state index in [9.17, 15) is 4.79 Å². The van der Waals surface area contributed by atoms with Crippen LogP contribution in [0, 0.1) is 5.92 Å². The summed E-state index contributed by atoms with van der Waals surface area (Å²) < 4.78 is 5.29. The highest BCUT2D eigenvalue weighted by atomic mass is 35.5. The van der Waals surface area contributed by atoms with Crippen LogP contribution in [0.5, 0.6) is 5.75 Å². The van der Waals surface area contributed by atoms with Crippen molar-refractivity contribution in [2.75, 3.05) is 7.11 Å². The van der Waals surface area contributed by atoms with Gasteiger partial charge in [0, 0.05) is 29.2 Å². The van der Waals surface area contributed by atoms with Gasteiger partial charge in [0.25, 0.3) is 0 Å². The number of ether oxygens (including phenoxy) is 1. The van der Waals surface area contributed by atoms with E-state index in [2.05, 4.69) is 10.6 Å². The third kappa shape index (κ3) is 2.50. The number of hydrogen-bond donors (Lipinski definition) is 2. The third-order valence-corrected chi connectivity index (χ3v) is 4.73. The molecule has 4 nitrogen and oxygen atoms in total. The number of benzene rings is 1. The van der Waals surface area contributed by atoms with Crippen molar-refractivity contribution >= 4 is 17.5 Å². The van der Waals surface area contributed by atoms with Gasteiger partial charge in [0.15, 0.2) is 0 Å². The zero-order chi connectivity index (χ0) is 14.1. The average Bonchev–Trinajstić information content (AvgIpc) is 3.08. The van der Waals surface area contributed by atoms with Gasteiger partial charge in [-0.25, -0.2) is 0 Å². The molecule has 5 heteroatoms. The summed E-state index contributed by atoms with van der Waals surface area (Å²) in [6, 6.07) is 6.39. The highest BCUT2D eigenvalue weighted by Gasteiger charge is 2.42. The number of methoxy groups -OCH3 is 1. The Kier molecular flexibility index (Phi) is 3.85. The number of hydrogen-bond acceptors (Lipinski definition) is 3. The fourth-order valence-corrected chi connectivity index (χ4v) is 3.55. The minimum atomic E-state index is 0.0993. The van der Waals surface area contributed by atoms with Crippen LogP contribution in [0.1, 0.15) is 24.8 Å². The van der Waals surface area contributed by atoms with E-state index < -0.39 is 0 Å². The van der Waals surface area contributed by atoms with Crippen LogP contribution in [-0.2, 0) is 11.3 Å². The smallest absolute Gasteiger partial charge is 0.225 e. The van der Waals surface area contributed by atoms with Crippen LogP contribution in [-0.4, -0.2) is 25.1 Å². The van der Waals surface area contributed by atoms with Crippen molar-refractivity contribution in [1.29, 1.82) is 0 Å². The van der Waals surface area contributed by atoms with Crippen LogP contribution < -0.4 is 15.4 Å². The fourth-order valence-electron chi connectivity index (χ4n) is 3.32. The van der Waals surface area contributed by atoms with Crippen molar-refractivity contribution in [3.05, 3.63) is 28.8 Å². The van der Waals surface area contributed by atoms with Gasteiger partial charge >= 0.3 is 0 Å². The summed E-state index contributed by atoms with van der Waals surface area (Å²) in [4.78, 5) is 12.3. The van der Waals surface area contributed by atoms with Crippen LogP contribution in [0.4, 0.5) is 0 Å². The van der Waals surface area contributed by atoms with Crippen molar-refractivity contribution in [1.82, 2.24) is 10.6 Å². The summed E-state index contributed by atoms with van der Waals surface area (Å²) in [5.74, 6) is 0.928. The predicted molar refractivity (Wildman–Crippen MR) is 77.9 cm³/mol. The predicted octanol–water partition coefficient (Wildman–Crippen LogP) is 2.11. The Labute approximate surface area is 123 Å². The van der Waals surface area contributed by atoms with Crippen LogP contribution in [0.3, 0.4) is 0 Å². The van der Waals surface area contributed by atoms with E-state index in [1.54, 1.807) is 7.11 Å². The van der Waals surface area contributed by atoms with Crippen molar-refractivity contribution in [2.45, 2.75) is 37.9 Å². The normalized spacial score (nSPS) is 27.6. The Morgan fingerprint density at radius 1 is 1.50 bits per heavy atom. The maximum Gasteiger partial charge on any atom is 0.225 e. The molecule has 3 rings (SSSR count). The largest absolute Gasteiger partial charge is 0.496 e. The molecule has 2 saturated heterocycles. The molecule has 0 saturated carbocycles. The van der Waals surface area contributed by atoms with E-state index in [-0.39, 0.29) is 11.8 Å². The van der Waals surface area contributed by atoms with Gasteiger partial charge in [0.1, 0.15) is 5.75 Å². The topological polar surface area (TPSA) is 50.4 Å². The molecule has 2 heterocycles. The van der Waals surface area contributed by atoms with Crippen LogP contribution in [0.15, 0.2) is 18.2 Å². The number of halogens is 1. The molecular formula is C15H19ClN2O2. The molecular weight excluding hydrogens is 276 g/mol. The van der Waals surface area contributed by atoms with Gasteiger partial charge in [-0.3, -0.25) is 4.79 Å². The van der Waals surface area contributed by atoms with Gasteiger partial charge in [0.2, 0.25) is 5.91 Å². The fraction of sp³-hybridized carbons (Fsp3) is 0.533. The number of nitrogens with one attached hydrogen (secondary N) is 2. The van der Waals surface area contributed by atoms with Gasteiger partial charge in [-0.15, -0.1) is 0 Å². The summed E-state index contributed by atoms with van der Waals surface area (Å²) in [6.45, 7) is 0.412. The summed E-state index contributed by atoms with van der Waals surface area (Å²) in [5, 5.41) is 7.10. The molecule has 2 aliphatic heterocycles. The number of carbonyl (C=O) groups is 1. The molecule has 0 spiro atoms. The number of carbonyl (C=O) groups excluding carboxylic acids is 1. The first-order valence-electron chi connectivity index (χ1n) is 7.04. The highest BCUT2D eigenvalue weighted by molar-refractivity contribution is 6.31. The Hall–Kier alpha value is -1.26. The summed E-state index contributed by atoms with van der Waals surface area (Å²) in [5.41, 5.74) is 0.834. The van der Waals surface area contributed by atoms with Gasteiger partial charge < -0.3 is 15.4 Å².